The highest BCUT2D eigenvalue weighted by Gasteiger charge is 2.51. The number of aromatic nitrogens is 2. The van der Waals surface area contributed by atoms with Crippen molar-refractivity contribution in [3.8, 4) is 0 Å². The Kier molecular flexibility index (Phi) is 3.01. The van der Waals surface area contributed by atoms with Crippen LogP contribution in [0.3, 0.4) is 0 Å². The number of hydrogen-bond donors (Lipinski definition) is 1. The van der Waals surface area contributed by atoms with E-state index in [-0.39, 0.29) is 17.5 Å². The molecule has 0 bridgehead atoms. The van der Waals surface area contributed by atoms with Crippen molar-refractivity contribution in [2.24, 2.45) is 5.92 Å². The van der Waals surface area contributed by atoms with Gasteiger partial charge in [-0.25, -0.2) is 0 Å². The fourth-order valence-corrected chi connectivity index (χ4v) is 4.74. The Morgan fingerprint density at radius 2 is 2.08 bits per heavy atom. The summed E-state index contributed by atoms with van der Waals surface area (Å²) in [4.78, 5) is 13.0. The topological polar surface area (TPSA) is 46.9 Å². The minimum atomic E-state index is -0.0833. The third-order valence-electron chi connectivity index (χ3n) is 6.05. The maximum atomic E-state index is 13.0. The van der Waals surface area contributed by atoms with E-state index in [1.165, 1.54) is 28.8 Å². The lowest BCUT2D eigenvalue weighted by Crippen LogP contribution is -2.29. The number of hydrogen-bond acceptors (Lipinski definition) is 2. The van der Waals surface area contributed by atoms with Gasteiger partial charge in [-0.1, -0.05) is 24.3 Å². The summed E-state index contributed by atoms with van der Waals surface area (Å²) in [5.41, 5.74) is 5.75. The molecule has 0 aliphatic heterocycles. The van der Waals surface area contributed by atoms with E-state index in [1.807, 2.05) is 0 Å². The molecule has 5 rings (SSSR count). The Bertz CT molecular complexity index is 874. The lowest BCUT2D eigenvalue weighted by atomic mass is 10.1. The normalized spacial score (nSPS) is 26.1. The van der Waals surface area contributed by atoms with Crippen molar-refractivity contribution in [1.82, 2.24) is 15.1 Å². The first-order valence-electron chi connectivity index (χ1n) is 9.44. The summed E-state index contributed by atoms with van der Waals surface area (Å²) in [6, 6.07) is 8.56. The van der Waals surface area contributed by atoms with Crippen LogP contribution in [0.2, 0.25) is 0 Å². The van der Waals surface area contributed by atoms with Gasteiger partial charge >= 0.3 is 0 Å². The highest BCUT2D eigenvalue weighted by atomic mass is 16.2. The molecular formula is C21H25N3O. The molecule has 130 valence electrons. The summed E-state index contributed by atoms with van der Waals surface area (Å²) in [5, 5.41) is 8.04. The van der Waals surface area contributed by atoms with Crippen molar-refractivity contribution in [3.05, 3.63) is 52.3 Å². The summed E-state index contributed by atoms with van der Waals surface area (Å²) < 4.78 is 2.12. The largest absolute Gasteiger partial charge is 0.344 e. The van der Waals surface area contributed by atoms with Crippen LogP contribution in [0.25, 0.3) is 0 Å². The van der Waals surface area contributed by atoms with Gasteiger partial charge in [0.2, 0.25) is 0 Å². The molecule has 3 aliphatic carbocycles. The van der Waals surface area contributed by atoms with Gasteiger partial charge in [0.1, 0.15) is 0 Å². The molecule has 1 aromatic carbocycles. The van der Waals surface area contributed by atoms with Crippen LogP contribution in [-0.4, -0.2) is 15.7 Å². The van der Waals surface area contributed by atoms with Crippen molar-refractivity contribution in [3.63, 3.8) is 0 Å². The Morgan fingerprint density at radius 3 is 2.88 bits per heavy atom. The first kappa shape index (κ1) is 15.2. The number of carbonyl (C=O) groups is 1. The van der Waals surface area contributed by atoms with Crippen LogP contribution < -0.4 is 5.32 Å². The number of nitrogens with zero attached hydrogens (tertiary/aromatic N) is 2. The lowest BCUT2D eigenvalue weighted by Gasteiger charge is -2.22. The van der Waals surface area contributed by atoms with E-state index in [9.17, 15) is 4.79 Å². The Balaban J connectivity index is 1.47. The van der Waals surface area contributed by atoms with Gasteiger partial charge in [-0.15, -0.1) is 0 Å². The molecule has 0 unspecified atom stereocenters. The molecule has 1 aromatic heterocycles. The molecule has 4 nitrogen and oxygen atoms in total. The molecule has 1 N–H and O–H groups in total. The highest BCUT2D eigenvalue weighted by Crippen LogP contribution is 2.57. The Morgan fingerprint density at radius 1 is 1.28 bits per heavy atom. The van der Waals surface area contributed by atoms with Crippen LogP contribution in [0.4, 0.5) is 0 Å². The molecule has 2 aromatic rings. The second-order valence-electron chi connectivity index (χ2n) is 8.86. The van der Waals surface area contributed by atoms with Gasteiger partial charge in [0, 0.05) is 17.2 Å². The SMILES string of the molecule is CC(C)(C)n1nc(C(=O)N[C@H]2CCc3ccccc32)c2c1[C@@H]1C[C@@H]1C2. The zero-order valence-corrected chi connectivity index (χ0v) is 15.2. The number of fused-ring (bicyclic) bond motifs is 4. The molecule has 1 heterocycles. The van der Waals surface area contributed by atoms with E-state index in [0.29, 0.717) is 11.6 Å². The van der Waals surface area contributed by atoms with Gasteiger partial charge in [-0.3, -0.25) is 9.48 Å². The lowest BCUT2D eigenvalue weighted by molar-refractivity contribution is 0.0929. The highest BCUT2D eigenvalue weighted by molar-refractivity contribution is 5.94. The number of amides is 1. The Labute approximate surface area is 148 Å². The van der Waals surface area contributed by atoms with E-state index in [2.05, 4.69) is 55.0 Å². The second-order valence-corrected chi connectivity index (χ2v) is 8.86. The van der Waals surface area contributed by atoms with E-state index in [0.717, 1.165) is 25.2 Å². The predicted octanol–water partition coefficient (Wildman–Crippen LogP) is 3.72. The molecule has 1 amide bonds. The minimum absolute atomic E-state index is 0.00209. The number of benzene rings is 1. The fourth-order valence-electron chi connectivity index (χ4n) is 4.74. The zero-order valence-electron chi connectivity index (χ0n) is 15.2. The molecular weight excluding hydrogens is 310 g/mol. The molecule has 0 spiro atoms. The molecule has 4 heteroatoms. The van der Waals surface area contributed by atoms with Crippen molar-refractivity contribution < 1.29 is 4.79 Å². The average Bonchev–Trinajstić information content (AvgIpc) is 2.93. The molecule has 1 fully saturated rings. The third-order valence-corrected chi connectivity index (χ3v) is 6.05. The average molecular weight is 335 g/mol. The van der Waals surface area contributed by atoms with Crippen LogP contribution in [0.1, 0.15) is 78.4 Å². The third kappa shape index (κ3) is 2.26. The summed E-state index contributed by atoms with van der Waals surface area (Å²) in [7, 11) is 0. The summed E-state index contributed by atoms with van der Waals surface area (Å²) in [5.74, 6) is 1.39. The van der Waals surface area contributed by atoms with E-state index in [1.54, 1.807) is 0 Å². The summed E-state index contributed by atoms with van der Waals surface area (Å²) in [6.45, 7) is 6.51. The van der Waals surface area contributed by atoms with E-state index >= 15 is 0 Å². The number of nitrogens with one attached hydrogen (secondary N) is 1. The maximum Gasteiger partial charge on any atom is 0.272 e. The molecule has 3 aliphatic rings. The van der Waals surface area contributed by atoms with Crippen LogP contribution in [0.15, 0.2) is 24.3 Å². The molecule has 1 saturated carbocycles. The number of carbonyl (C=O) groups excluding carboxylic acids is 1. The van der Waals surface area contributed by atoms with Crippen LogP contribution in [0.5, 0.6) is 0 Å². The second kappa shape index (κ2) is 4.96. The quantitative estimate of drug-likeness (QED) is 0.909. The van der Waals surface area contributed by atoms with Gasteiger partial charge in [-0.2, -0.15) is 5.10 Å². The zero-order chi connectivity index (χ0) is 17.3. The van der Waals surface area contributed by atoms with Gasteiger partial charge < -0.3 is 5.32 Å². The van der Waals surface area contributed by atoms with Gasteiger partial charge in [0.25, 0.3) is 5.91 Å². The van der Waals surface area contributed by atoms with Gasteiger partial charge in [-0.05, 0) is 63.5 Å². The molecule has 25 heavy (non-hydrogen) atoms. The first-order chi connectivity index (χ1) is 11.9. The molecule has 3 atom stereocenters. The van der Waals surface area contributed by atoms with Gasteiger partial charge in [0.05, 0.1) is 11.6 Å². The van der Waals surface area contributed by atoms with E-state index in [4.69, 9.17) is 5.10 Å². The summed E-state index contributed by atoms with van der Waals surface area (Å²) >= 11 is 0. The number of rotatable bonds is 2. The van der Waals surface area contributed by atoms with Gasteiger partial charge in [0.15, 0.2) is 5.69 Å². The predicted molar refractivity (Wildman–Crippen MR) is 96.7 cm³/mol. The maximum absolute atomic E-state index is 13.0. The van der Waals surface area contributed by atoms with E-state index < -0.39 is 0 Å². The van der Waals surface area contributed by atoms with Crippen molar-refractivity contribution in [1.29, 1.82) is 0 Å². The minimum Gasteiger partial charge on any atom is -0.344 e. The molecule has 0 radical (unpaired) electrons. The Hall–Kier alpha value is -2.10. The first-order valence-corrected chi connectivity index (χ1v) is 9.44. The van der Waals surface area contributed by atoms with Crippen molar-refractivity contribution in [2.75, 3.05) is 0 Å². The van der Waals surface area contributed by atoms with Crippen molar-refractivity contribution >= 4 is 5.91 Å². The number of aryl methyl sites for hydroxylation is 1. The summed E-state index contributed by atoms with van der Waals surface area (Å²) in [6.07, 6.45) is 4.32. The standard InChI is InChI=1S/C21H25N3O/c1-21(2,3)24-19-15-10-13(15)11-16(19)18(23-24)20(25)22-17-9-8-12-6-4-5-7-14(12)17/h4-7,13,15,17H,8-11H2,1-3H3,(H,22,25)/t13-,15-,17+/m1/s1. The molecule has 0 saturated heterocycles. The van der Waals surface area contributed by atoms with Crippen LogP contribution in [0, 0.1) is 5.92 Å². The van der Waals surface area contributed by atoms with Crippen LogP contribution in [-0.2, 0) is 18.4 Å². The van der Waals surface area contributed by atoms with Crippen molar-refractivity contribution in [2.45, 2.75) is 64.0 Å². The monoisotopic (exact) mass is 335 g/mol. The fraction of sp³-hybridized carbons (Fsp3) is 0.524. The van der Waals surface area contributed by atoms with Crippen LogP contribution >= 0.6 is 0 Å². The smallest absolute Gasteiger partial charge is 0.272 e.